The van der Waals surface area contributed by atoms with Crippen molar-refractivity contribution in [1.29, 1.82) is 0 Å². The van der Waals surface area contributed by atoms with E-state index in [1.807, 2.05) is 5.43 Å². The molecule has 0 aliphatic carbocycles. The third kappa shape index (κ3) is 4.73. The molecular formula is C18H12F6N4O. The van der Waals surface area contributed by atoms with Gasteiger partial charge in [-0.3, -0.25) is 4.79 Å². The molecule has 152 valence electrons. The van der Waals surface area contributed by atoms with Crippen molar-refractivity contribution in [2.45, 2.75) is 18.9 Å². The van der Waals surface area contributed by atoms with E-state index < -0.39 is 36.2 Å². The summed E-state index contributed by atoms with van der Waals surface area (Å²) in [5.74, 6) is -2.08. The average Bonchev–Trinajstić information content (AvgIpc) is 3.00. The van der Waals surface area contributed by atoms with E-state index in [9.17, 15) is 31.1 Å². The highest BCUT2D eigenvalue weighted by Gasteiger charge is 2.38. The molecule has 0 spiro atoms. The van der Waals surface area contributed by atoms with Gasteiger partial charge in [-0.05, 0) is 29.8 Å². The first-order valence-corrected chi connectivity index (χ1v) is 8.07. The maximum absolute atomic E-state index is 13.2. The van der Waals surface area contributed by atoms with E-state index in [1.165, 1.54) is 24.3 Å². The van der Waals surface area contributed by atoms with E-state index >= 15 is 0 Å². The van der Waals surface area contributed by atoms with Crippen LogP contribution >= 0.6 is 0 Å². The maximum Gasteiger partial charge on any atom is 0.449 e. The van der Waals surface area contributed by atoms with Gasteiger partial charge in [-0.15, -0.1) is 0 Å². The number of fused-ring (bicyclic) bond motifs is 1. The van der Waals surface area contributed by atoms with Crippen LogP contribution in [0.15, 0.2) is 53.6 Å². The standard InChI is InChI=1S/C18H12F6N4O/c19-17(20,21)12-7-5-11(6-8-12)9-25-27-15(29)10-28-14-4-2-1-3-13(14)26-16(28)18(22,23)24/h1-9H,10H2,(H,27,29)/b25-9+. The minimum absolute atomic E-state index is 0.0841. The highest BCUT2D eigenvalue weighted by Crippen LogP contribution is 2.31. The summed E-state index contributed by atoms with van der Waals surface area (Å²) < 4.78 is 77.8. The van der Waals surface area contributed by atoms with Gasteiger partial charge in [0, 0.05) is 0 Å². The van der Waals surface area contributed by atoms with Crippen molar-refractivity contribution in [3.8, 4) is 0 Å². The molecule has 0 radical (unpaired) electrons. The molecule has 11 heteroatoms. The van der Waals surface area contributed by atoms with Gasteiger partial charge in [0.1, 0.15) is 6.54 Å². The third-order valence-electron chi connectivity index (χ3n) is 3.85. The number of amides is 1. The molecule has 0 bridgehead atoms. The highest BCUT2D eigenvalue weighted by molar-refractivity contribution is 5.84. The SMILES string of the molecule is O=C(Cn1c(C(F)(F)F)nc2ccccc21)N/N=C/c1ccc(C(F)(F)F)cc1. The summed E-state index contributed by atoms with van der Waals surface area (Å²) in [5.41, 5.74) is 1.68. The number of imidazole rings is 1. The first-order valence-electron chi connectivity index (χ1n) is 8.07. The van der Waals surface area contributed by atoms with Gasteiger partial charge in [0.2, 0.25) is 5.82 Å². The Hall–Kier alpha value is -3.37. The topological polar surface area (TPSA) is 59.3 Å². The molecule has 0 atom stereocenters. The highest BCUT2D eigenvalue weighted by atomic mass is 19.4. The van der Waals surface area contributed by atoms with Crippen LogP contribution in [0.25, 0.3) is 11.0 Å². The van der Waals surface area contributed by atoms with Gasteiger partial charge >= 0.3 is 12.4 Å². The molecule has 29 heavy (non-hydrogen) atoms. The summed E-state index contributed by atoms with van der Waals surface area (Å²) in [5, 5.41) is 3.57. The van der Waals surface area contributed by atoms with Crippen molar-refractivity contribution < 1.29 is 31.1 Å². The molecule has 0 saturated heterocycles. The third-order valence-corrected chi connectivity index (χ3v) is 3.85. The largest absolute Gasteiger partial charge is 0.449 e. The molecule has 0 aliphatic heterocycles. The molecule has 0 fully saturated rings. The summed E-state index contributed by atoms with van der Waals surface area (Å²) in [6.07, 6.45) is -8.16. The lowest BCUT2D eigenvalue weighted by molar-refractivity contribution is -0.147. The lowest BCUT2D eigenvalue weighted by Gasteiger charge is -2.10. The average molecular weight is 414 g/mol. The normalized spacial score (nSPS) is 12.6. The number of carbonyl (C=O) groups is 1. The molecule has 1 N–H and O–H groups in total. The fraction of sp³-hybridized carbons (Fsp3) is 0.167. The second-order valence-electron chi connectivity index (χ2n) is 5.92. The molecule has 1 amide bonds. The van der Waals surface area contributed by atoms with Crippen LogP contribution in [-0.4, -0.2) is 21.7 Å². The van der Waals surface area contributed by atoms with E-state index in [0.717, 1.165) is 35.0 Å². The van der Waals surface area contributed by atoms with E-state index in [-0.39, 0.29) is 16.6 Å². The van der Waals surface area contributed by atoms with Crippen LogP contribution in [0.3, 0.4) is 0 Å². The molecule has 5 nitrogen and oxygen atoms in total. The number of para-hydroxylation sites is 2. The van der Waals surface area contributed by atoms with Gasteiger partial charge < -0.3 is 4.57 Å². The minimum atomic E-state index is -4.76. The molecule has 1 heterocycles. The monoisotopic (exact) mass is 414 g/mol. The fourth-order valence-electron chi connectivity index (χ4n) is 2.57. The van der Waals surface area contributed by atoms with Crippen molar-refractivity contribution >= 4 is 23.2 Å². The Morgan fingerprint density at radius 1 is 1.00 bits per heavy atom. The first-order chi connectivity index (χ1) is 13.6. The summed E-state index contributed by atoms with van der Waals surface area (Å²) in [6, 6.07) is 9.80. The first kappa shape index (κ1) is 20.4. The Labute approximate surface area is 159 Å². The number of nitrogens with zero attached hydrogens (tertiary/aromatic N) is 3. The summed E-state index contributed by atoms with van der Waals surface area (Å²) in [4.78, 5) is 15.5. The Bertz CT molecular complexity index is 1050. The smallest absolute Gasteiger partial charge is 0.311 e. The quantitative estimate of drug-likeness (QED) is 0.395. The lowest BCUT2D eigenvalue weighted by atomic mass is 10.1. The van der Waals surface area contributed by atoms with Gasteiger partial charge in [-0.2, -0.15) is 31.4 Å². The molecule has 2 aromatic carbocycles. The van der Waals surface area contributed by atoms with Gasteiger partial charge in [0.25, 0.3) is 5.91 Å². The number of alkyl halides is 6. The summed E-state index contributed by atoms with van der Waals surface area (Å²) in [6.45, 7) is -0.695. The van der Waals surface area contributed by atoms with Crippen molar-refractivity contribution in [2.24, 2.45) is 5.10 Å². The van der Waals surface area contributed by atoms with Crippen LogP contribution in [0.1, 0.15) is 17.0 Å². The summed E-state index contributed by atoms with van der Waals surface area (Å²) in [7, 11) is 0. The zero-order valence-electron chi connectivity index (χ0n) is 14.4. The predicted octanol–water partition coefficient (Wildman–Crippen LogP) is 4.22. The number of benzene rings is 2. The number of rotatable bonds is 4. The Balaban J connectivity index is 1.72. The second kappa shape index (κ2) is 7.57. The van der Waals surface area contributed by atoms with Crippen LogP contribution in [0.5, 0.6) is 0 Å². The molecule has 3 aromatic rings. The summed E-state index contributed by atoms with van der Waals surface area (Å²) >= 11 is 0. The van der Waals surface area contributed by atoms with E-state index in [2.05, 4.69) is 10.1 Å². The Morgan fingerprint density at radius 3 is 2.28 bits per heavy atom. The van der Waals surface area contributed by atoms with Crippen LogP contribution in [-0.2, 0) is 23.7 Å². The number of aromatic nitrogens is 2. The molecule has 0 saturated carbocycles. The van der Waals surface area contributed by atoms with E-state index in [1.54, 1.807) is 0 Å². The number of hydrazone groups is 1. The second-order valence-corrected chi connectivity index (χ2v) is 5.92. The van der Waals surface area contributed by atoms with Gasteiger partial charge in [0.15, 0.2) is 0 Å². The number of halogens is 6. The maximum atomic E-state index is 13.2. The van der Waals surface area contributed by atoms with Crippen LogP contribution in [0, 0.1) is 0 Å². The van der Waals surface area contributed by atoms with E-state index in [0.29, 0.717) is 0 Å². The van der Waals surface area contributed by atoms with Gasteiger partial charge in [0.05, 0.1) is 22.8 Å². The number of hydrogen-bond acceptors (Lipinski definition) is 3. The number of nitrogens with one attached hydrogen (secondary N) is 1. The Morgan fingerprint density at radius 2 is 1.66 bits per heavy atom. The molecule has 0 unspecified atom stereocenters. The van der Waals surface area contributed by atoms with Crippen molar-refractivity contribution in [3.05, 3.63) is 65.5 Å². The zero-order valence-corrected chi connectivity index (χ0v) is 14.4. The van der Waals surface area contributed by atoms with Crippen LogP contribution < -0.4 is 5.43 Å². The molecule has 0 aliphatic rings. The fourth-order valence-corrected chi connectivity index (χ4v) is 2.57. The van der Waals surface area contributed by atoms with Crippen molar-refractivity contribution in [1.82, 2.24) is 15.0 Å². The predicted molar refractivity (Wildman–Crippen MR) is 91.9 cm³/mol. The number of hydrogen-bond donors (Lipinski definition) is 1. The van der Waals surface area contributed by atoms with Crippen molar-refractivity contribution in [2.75, 3.05) is 0 Å². The van der Waals surface area contributed by atoms with Crippen LogP contribution in [0.4, 0.5) is 26.3 Å². The van der Waals surface area contributed by atoms with E-state index in [4.69, 9.17) is 0 Å². The lowest BCUT2D eigenvalue weighted by Crippen LogP contribution is -2.26. The van der Waals surface area contributed by atoms with Gasteiger partial charge in [-0.1, -0.05) is 24.3 Å². The van der Waals surface area contributed by atoms with Crippen molar-refractivity contribution in [3.63, 3.8) is 0 Å². The zero-order chi connectivity index (χ0) is 21.2. The minimum Gasteiger partial charge on any atom is -0.311 e. The number of carbonyl (C=O) groups excluding carboxylic acids is 1. The molecular weight excluding hydrogens is 402 g/mol. The van der Waals surface area contributed by atoms with Crippen LogP contribution in [0.2, 0.25) is 0 Å². The Kier molecular flexibility index (Phi) is 5.31. The van der Waals surface area contributed by atoms with Gasteiger partial charge in [-0.25, -0.2) is 10.4 Å². The molecule has 1 aromatic heterocycles. The molecule has 3 rings (SSSR count).